The van der Waals surface area contributed by atoms with Crippen molar-refractivity contribution in [3.63, 3.8) is 0 Å². The van der Waals surface area contributed by atoms with Gasteiger partial charge in [-0.3, -0.25) is 9.52 Å². The molecule has 0 bridgehead atoms. The molecule has 2 N–H and O–H groups in total. The number of pyridine rings is 1. The normalized spacial score (nSPS) is 12.9. The summed E-state index contributed by atoms with van der Waals surface area (Å²) >= 11 is 5.90. The molecule has 0 radical (unpaired) electrons. The second-order valence-electron chi connectivity index (χ2n) is 6.61. The number of carbonyl (C=O) groups is 1. The predicted molar refractivity (Wildman–Crippen MR) is 108 cm³/mol. The highest BCUT2D eigenvalue weighted by Crippen LogP contribution is 2.28. The summed E-state index contributed by atoms with van der Waals surface area (Å²) in [4.78, 5) is 19.6. The molecule has 154 valence electrons. The minimum Gasteiger partial charge on any atom is -0.345 e. The number of aromatic nitrogens is 2. The number of H-pyrrole nitrogens is 1. The van der Waals surface area contributed by atoms with Gasteiger partial charge in [0.15, 0.2) is 5.82 Å². The van der Waals surface area contributed by atoms with Crippen LogP contribution in [0.4, 0.5) is 14.5 Å². The van der Waals surface area contributed by atoms with E-state index in [1.807, 2.05) is 6.92 Å². The van der Waals surface area contributed by atoms with Crippen molar-refractivity contribution in [2.75, 3.05) is 4.72 Å². The van der Waals surface area contributed by atoms with Crippen LogP contribution < -0.4 is 4.72 Å². The van der Waals surface area contributed by atoms with Crippen molar-refractivity contribution in [2.24, 2.45) is 0 Å². The molecule has 2 aromatic heterocycles. The molecule has 6 nitrogen and oxygen atoms in total. The van der Waals surface area contributed by atoms with E-state index in [-0.39, 0.29) is 10.6 Å². The fourth-order valence-electron chi connectivity index (χ4n) is 2.96. The predicted octanol–water partition coefficient (Wildman–Crippen LogP) is 4.66. The summed E-state index contributed by atoms with van der Waals surface area (Å²) in [6.45, 7) is 3.31. The molecular weight excluding hydrogens is 424 g/mol. The second-order valence-corrected chi connectivity index (χ2v) is 9.15. The molecule has 0 amide bonds. The molecular formula is C19H18ClF2N3O3S. The Morgan fingerprint density at radius 3 is 2.76 bits per heavy atom. The van der Waals surface area contributed by atoms with Crippen molar-refractivity contribution in [3.05, 3.63) is 58.4 Å². The molecule has 0 saturated carbocycles. The van der Waals surface area contributed by atoms with E-state index < -0.39 is 43.9 Å². The monoisotopic (exact) mass is 441 g/mol. The zero-order chi connectivity index (χ0) is 21.3. The molecule has 1 aromatic carbocycles. The number of nitrogens with zero attached hydrogens (tertiary/aromatic N) is 1. The highest BCUT2D eigenvalue weighted by molar-refractivity contribution is 7.93. The number of rotatable bonds is 7. The van der Waals surface area contributed by atoms with Gasteiger partial charge < -0.3 is 4.98 Å². The SMILES string of the molecule is CCCC(C)S(=O)(=O)Nc1ccc(F)c(C(=O)c2c[nH]c3ncc(Cl)cc23)c1F. The van der Waals surface area contributed by atoms with Crippen molar-refractivity contribution in [1.29, 1.82) is 0 Å². The molecule has 1 unspecified atom stereocenters. The van der Waals surface area contributed by atoms with Crippen LogP contribution in [0, 0.1) is 11.6 Å². The van der Waals surface area contributed by atoms with Crippen LogP contribution in [0.2, 0.25) is 5.02 Å². The van der Waals surface area contributed by atoms with E-state index in [1.54, 1.807) is 0 Å². The van der Waals surface area contributed by atoms with E-state index in [0.717, 1.165) is 12.1 Å². The van der Waals surface area contributed by atoms with Crippen LogP contribution in [0.1, 0.15) is 42.6 Å². The lowest BCUT2D eigenvalue weighted by Gasteiger charge is -2.15. The van der Waals surface area contributed by atoms with Crippen molar-refractivity contribution in [1.82, 2.24) is 9.97 Å². The molecule has 3 aromatic rings. The third-order valence-electron chi connectivity index (χ3n) is 4.54. The Morgan fingerprint density at radius 2 is 2.07 bits per heavy atom. The summed E-state index contributed by atoms with van der Waals surface area (Å²) in [6.07, 6.45) is 3.62. The van der Waals surface area contributed by atoms with Gasteiger partial charge in [0.05, 0.1) is 21.5 Å². The van der Waals surface area contributed by atoms with Crippen LogP contribution >= 0.6 is 11.6 Å². The van der Waals surface area contributed by atoms with Gasteiger partial charge in [0.25, 0.3) is 0 Å². The van der Waals surface area contributed by atoms with Crippen molar-refractivity contribution < 1.29 is 22.0 Å². The fraction of sp³-hybridized carbons (Fsp3) is 0.263. The summed E-state index contributed by atoms with van der Waals surface area (Å²) in [5.41, 5.74) is -1.07. The van der Waals surface area contributed by atoms with Crippen LogP contribution in [-0.2, 0) is 10.0 Å². The van der Waals surface area contributed by atoms with Crippen LogP contribution in [0.15, 0.2) is 30.6 Å². The van der Waals surface area contributed by atoms with Crippen molar-refractivity contribution >= 4 is 44.1 Å². The van der Waals surface area contributed by atoms with Gasteiger partial charge in [-0.2, -0.15) is 0 Å². The van der Waals surface area contributed by atoms with Gasteiger partial charge in [-0.05, 0) is 31.5 Å². The van der Waals surface area contributed by atoms with Gasteiger partial charge in [0.2, 0.25) is 15.8 Å². The van der Waals surface area contributed by atoms with E-state index in [9.17, 15) is 22.0 Å². The summed E-state index contributed by atoms with van der Waals surface area (Å²) in [5.74, 6) is -3.36. The third kappa shape index (κ3) is 4.11. The zero-order valence-corrected chi connectivity index (χ0v) is 17.2. The topological polar surface area (TPSA) is 91.9 Å². The maximum Gasteiger partial charge on any atom is 0.235 e. The number of ketones is 1. The van der Waals surface area contributed by atoms with Crippen LogP contribution in [0.5, 0.6) is 0 Å². The highest BCUT2D eigenvalue weighted by Gasteiger charge is 2.27. The van der Waals surface area contributed by atoms with Gasteiger partial charge in [-0.1, -0.05) is 24.9 Å². The lowest BCUT2D eigenvalue weighted by molar-refractivity contribution is 0.103. The van der Waals surface area contributed by atoms with Crippen molar-refractivity contribution in [3.8, 4) is 0 Å². The molecule has 10 heteroatoms. The van der Waals surface area contributed by atoms with E-state index in [2.05, 4.69) is 14.7 Å². The Hall–Kier alpha value is -2.52. The van der Waals surface area contributed by atoms with Crippen molar-refractivity contribution in [2.45, 2.75) is 31.9 Å². The van der Waals surface area contributed by atoms with E-state index in [1.165, 1.54) is 25.4 Å². The first-order valence-electron chi connectivity index (χ1n) is 8.82. The molecule has 0 aliphatic carbocycles. The average molecular weight is 442 g/mol. The summed E-state index contributed by atoms with van der Waals surface area (Å²) in [7, 11) is -3.90. The number of hydrogen-bond donors (Lipinski definition) is 2. The highest BCUT2D eigenvalue weighted by atomic mass is 35.5. The smallest absolute Gasteiger partial charge is 0.235 e. The quantitative estimate of drug-likeness (QED) is 0.522. The van der Waals surface area contributed by atoms with Gasteiger partial charge in [0.1, 0.15) is 11.5 Å². The van der Waals surface area contributed by atoms with E-state index in [0.29, 0.717) is 23.9 Å². The summed E-state index contributed by atoms with van der Waals surface area (Å²) in [5, 5.41) is -0.236. The van der Waals surface area contributed by atoms with Gasteiger partial charge in [-0.25, -0.2) is 22.2 Å². The van der Waals surface area contributed by atoms with Gasteiger partial charge >= 0.3 is 0 Å². The minimum atomic E-state index is -3.90. The molecule has 1 atom stereocenters. The Labute approximate surface area is 171 Å². The molecule has 29 heavy (non-hydrogen) atoms. The van der Waals surface area contributed by atoms with Crippen LogP contribution in [-0.4, -0.2) is 29.4 Å². The number of fused-ring (bicyclic) bond motifs is 1. The largest absolute Gasteiger partial charge is 0.345 e. The number of sulfonamides is 1. The number of anilines is 1. The summed E-state index contributed by atoms with van der Waals surface area (Å²) < 4.78 is 56.2. The molecule has 0 aliphatic rings. The third-order valence-corrected chi connectivity index (χ3v) is 6.54. The molecule has 0 saturated heterocycles. The lowest BCUT2D eigenvalue weighted by atomic mass is 10.0. The first-order chi connectivity index (χ1) is 13.7. The molecule has 0 aliphatic heterocycles. The molecule has 2 heterocycles. The Balaban J connectivity index is 2.05. The fourth-order valence-corrected chi connectivity index (χ4v) is 4.32. The summed E-state index contributed by atoms with van der Waals surface area (Å²) in [6, 6.07) is 3.24. The standard InChI is InChI=1S/C19H18ClF2N3O3S/c1-3-4-10(2)29(27,28)25-15-6-5-14(21)16(17(15)22)18(26)13-9-24-19-12(13)7-11(20)8-23-19/h5-10,25H,3-4H2,1-2H3,(H,23,24). The van der Waals surface area contributed by atoms with Gasteiger partial charge in [0, 0.05) is 23.3 Å². The average Bonchev–Trinajstić information content (AvgIpc) is 3.07. The van der Waals surface area contributed by atoms with Gasteiger partial charge in [-0.15, -0.1) is 0 Å². The Kier molecular flexibility index (Phi) is 5.90. The maximum atomic E-state index is 15.0. The number of nitrogens with one attached hydrogen (secondary N) is 2. The Bertz CT molecular complexity index is 1190. The maximum absolute atomic E-state index is 15.0. The number of benzene rings is 1. The van der Waals surface area contributed by atoms with E-state index >= 15 is 0 Å². The number of hydrogen-bond acceptors (Lipinski definition) is 4. The van der Waals surface area contributed by atoms with E-state index in [4.69, 9.17) is 11.6 Å². The Morgan fingerprint density at radius 1 is 1.34 bits per heavy atom. The molecule has 3 rings (SSSR count). The molecule has 0 spiro atoms. The first-order valence-corrected chi connectivity index (χ1v) is 10.7. The van der Waals surface area contributed by atoms with Crippen LogP contribution in [0.25, 0.3) is 11.0 Å². The number of aromatic amines is 1. The lowest BCUT2D eigenvalue weighted by Crippen LogP contribution is -2.26. The molecule has 0 fully saturated rings. The van der Waals surface area contributed by atoms with Crippen LogP contribution in [0.3, 0.4) is 0 Å². The number of halogens is 3. The first kappa shape index (κ1) is 21.2. The second kappa shape index (κ2) is 8.08. The number of carbonyl (C=O) groups excluding carboxylic acids is 1. The zero-order valence-electron chi connectivity index (χ0n) is 15.6. The minimum absolute atomic E-state index is 0.0350.